The number of carbonyl (C=O) groups excluding carboxylic acids is 1. The summed E-state index contributed by atoms with van der Waals surface area (Å²) < 4.78 is 1.57. The fourth-order valence-corrected chi connectivity index (χ4v) is 2.73. The van der Waals surface area contributed by atoms with Gasteiger partial charge in [-0.3, -0.25) is 10.1 Å². The Morgan fingerprint density at radius 3 is 2.79 bits per heavy atom. The number of hydrogen-bond acceptors (Lipinski definition) is 4. The first-order chi connectivity index (χ1) is 11.4. The lowest BCUT2D eigenvalue weighted by Crippen LogP contribution is -2.34. The molecule has 8 heteroatoms. The zero-order chi connectivity index (χ0) is 17.3. The summed E-state index contributed by atoms with van der Waals surface area (Å²) in [5, 5.41) is 16.2. The van der Waals surface area contributed by atoms with E-state index in [1.807, 2.05) is 26.0 Å². The molecule has 0 aliphatic carbocycles. The average molecular weight is 329 g/mol. The molecule has 3 heterocycles. The van der Waals surface area contributed by atoms with Crippen molar-refractivity contribution in [2.75, 3.05) is 18.4 Å². The molecule has 1 saturated heterocycles. The van der Waals surface area contributed by atoms with Crippen molar-refractivity contribution < 1.29 is 14.7 Å². The molecule has 1 aliphatic rings. The highest BCUT2D eigenvalue weighted by Gasteiger charge is 2.31. The van der Waals surface area contributed by atoms with Crippen LogP contribution in [0, 0.1) is 19.8 Å². The molecule has 1 atom stereocenters. The van der Waals surface area contributed by atoms with E-state index in [1.165, 1.54) is 4.90 Å². The first-order valence-electron chi connectivity index (χ1n) is 7.72. The zero-order valence-electron chi connectivity index (χ0n) is 13.6. The molecule has 0 saturated carbocycles. The van der Waals surface area contributed by atoms with E-state index < -0.39 is 11.9 Å². The molecule has 0 aromatic carbocycles. The second-order valence-electron chi connectivity index (χ2n) is 5.97. The lowest BCUT2D eigenvalue weighted by molar-refractivity contribution is -0.141. The molecule has 24 heavy (non-hydrogen) atoms. The number of anilines is 1. The number of carbonyl (C=O) groups is 2. The Bertz CT molecular complexity index is 786. The number of rotatable bonds is 3. The minimum Gasteiger partial charge on any atom is -0.481 e. The van der Waals surface area contributed by atoms with Crippen LogP contribution < -0.4 is 5.32 Å². The molecule has 2 N–H and O–H groups in total. The molecule has 126 valence electrons. The molecule has 2 amide bonds. The van der Waals surface area contributed by atoms with E-state index in [4.69, 9.17) is 5.11 Å². The van der Waals surface area contributed by atoms with E-state index in [-0.39, 0.29) is 12.6 Å². The normalized spacial score (nSPS) is 17.1. The highest BCUT2D eigenvalue weighted by Crippen LogP contribution is 2.20. The number of carboxylic acids is 1. The smallest absolute Gasteiger partial charge is 0.323 e. The van der Waals surface area contributed by atoms with Crippen molar-refractivity contribution in [3.8, 4) is 5.82 Å². The van der Waals surface area contributed by atoms with Crippen molar-refractivity contribution in [1.29, 1.82) is 0 Å². The topological polar surface area (TPSA) is 100 Å². The van der Waals surface area contributed by atoms with Crippen LogP contribution in [0.3, 0.4) is 0 Å². The van der Waals surface area contributed by atoms with E-state index in [0.29, 0.717) is 24.6 Å². The van der Waals surface area contributed by atoms with Crippen molar-refractivity contribution in [3.05, 3.63) is 35.7 Å². The van der Waals surface area contributed by atoms with E-state index >= 15 is 0 Å². The summed E-state index contributed by atoms with van der Waals surface area (Å²) in [7, 11) is 0. The average Bonchev–Trinajstić information content (AvgIpc) is 3.14. The number of pyridine rings is 1. The third-order valence-electron chi connectivity index (χ3n) is 4.01. The van der Waals surface area contributed by atoms with Crippen molar-refractivity contribution in [1.82, 2.24) is 19.7 Å². The molecule has 0 radical (unpaired) electrons. The number of aliphatic carboxylic acids is 1. The van der Waals surface area contributed by atoms with Gasteiger partial charge in [-0.15, -0.1) is 0 Å². The van der Waals surface area contributed by atoms with Gasteiger partial charge in [0.1, 0.15) is 5.82 Å². The van der Waals surface area contributed by atoms with E-state index in [1.54, 1.807) is 16.9 Å². The third kappa shape index (κ3) is 3.22. The lowest BCUT2D eigenvalue weighted by atomic mass is 10.1. The Morgan fingerprint density at radius 2 is 2.12 bits per heavy atom. The Morgan fingerprint density at radius 1 is 1.33 bits per heavy atom. The number of urea groups is 1. The minimum atomic E-state index is -0.866. The van der Waals surface area contributed by atoms with E-state index in [0.717, 1.165) is 11.3 Å². The maximum atomic E-state index is 12.4. The highest BCUT2D eigenvalue weighted by molar-refractivity contribution is 5.89. The van der Waals surface area contributed by atoms with Gasteiger partial charge in [0.25, 0.3) is 0 Å². The summed E-state index contributed by atoms with van der Waals surface area (Å²) in [5.41, 5.74) is 1.78. The summed E-state index contributed by atoms with van der Waals surface area (Å²) in [5.74, 6) is -0.242. The fraction of sp³-hybridized carbons (Fsp3) is 0.375. The first kappa shape index (κ1) is 16.0. The lowest BCUT2D eigenvalue weighted by Gasteiger charge is -2.17. The summed E-state index contributed by atoms with van der Waals surface area (Å²) >= 11 is 0. The fourth-order valence-electron chi connectivity index (χ4n) is 2.73. The van der Waals surface area contributed by atoms with E-state index in [2.05, 4.69) is 15.4 Å². The van der Waals surface area contributed by atoms with Crippen LogP contribution in [-0.4, -0.2) is 49.9 Å². The van der Waals surface area contributed by atoms with Crippen LogP contribution in [0.5, 0.6) is 0 Å². The van der Waals surface area contributed by atoms with Gasteiger partial charge in [0.05, 0.1) is 11.6 Å². The third-order valence-corrected chi connectivity index (χ3v) is 4.01. The molecule has 1 fully saturated rings. The van der Waals surface area contributed by atoms with Gasteiger partial charge in [-0.1, -0.05) is 0 Å². The minimum absolute atomic E-state index is 0.219. The van der Waals surface area contributed by atoms with Crippen LogP contribution in [-0.2, 0) is 4.79 Å². The number of aryl methyl sites for hydroxylation is 2. The summed E-state index contributed by atoms with van der Waals surface area (Å²) in [6.45, 7) is 4.43. The van der Waals surface area contributed by atoms with Crippen LogP contribution in [0.15, 0.2) is 24.4 Å². The van der Waals surface area contributed by atoms with Crippen molar-refractivity contribution >= 4 is 17.8 Å². The molecule has 3 rings (SSSR count). The highest BCUT2D eigenvalue weighted by atomic mass is 16.4. The van der Waals surface area contributed by atoms with Crippen LogP contribution in [0.1, 0.15) is 17.7 Å². The van der Waals surface area contributed by atoms with Gasteiger partial charge in [-0.2, -0.15) is 9.78 Å². The number of nitrogens with one attached hydrogen (secondary N) is 1. The van der Waals surface area contributed by atoms with Gasteiger partial charge in [0.2, 0.25) is 0 Å². The molecule has 2 aromatic rings. The molecular weight excluding hydrogens is 310 g/mol. The quantitative estimate of drug-likeness (QED) is 0.894. The number of aromatic nitrogens is 3. The van der Waals surface area contributed by atoms with Gasteiger partial charge in [0, 0.05) is 25.4 Å². The number of nitrogens with zero attached hydrogens (tertiary/aromatic N) is 4. The standard InChI is InChI=1S/C16H19N5O3/c1-10-3-5-17-13(7-10)21-14(8-11(2)19-21)18-16(24)20-6-4-12(9-20)15(22)23/h3,5,7-8,12H,4,6,9H2,1-2H3,(H,18,24)(H,22,23). The van der Waals surface area contributed by atoms with Crippen molar-refractivity contribution in [2.24, 2.45) is 5.92 Å². The Kier molecular flexibility index (Phi) is 4.20. The molecule has 2 aromatic heterocycles. The molecule has 0 spiro atoms. The number of carboxylic acid groups (broad SMARTS) is 1. The summed E-state index contributed by atoms with van der Waals surface area (Å²) in [4.78, 5) is 29.2. The maximum absolute atomic E-state index is 12.4. The largest absolute Gasteiger partial charge is 0.481 e. The number of hydrogen-bond donors (Lipinski definition) is 2. The molecule has 1 unspecified atom stereocenters. The van der Waals surface area contributed by atoms with Gasteiger partial charge in [-0.25, -0.2) is 9.78 Å². The predicted octanol–water partition coefficient (Wildman–Crippen LogP) is 1.82. The van der Waals surface area contributed by atoms with Gasteiger partial charge < -0.3 is 10.0 Å². The second-order valence-corrected chi connectivity index (χ2v) is 5.97. The van der Waals surface area contributed by atoms with Gasteiger partial charge in [0.15, 0.2) is 5.82 Å². The van der Waals surface area contributed by atoms with Crippen LogP contribution in [0.4, 0.5) is 10.6 Å². The second kappa shape index (κ2) is 6.31. The Balaban J connectivity index is 1.79. The van der Waals surface area contributed by atoms with E-state index in [9.17, 15) is 9.59 Å². The van der Waals surface area contributed by atoms with Crippen LogP contribution >= 0.6 is 0 Å². The Labute approximate surface area is 139 Å². The molecule has 1 aliphatic heterocycles. The monoisotopic (exact) mass is 329 g/mol. The molecule has 8 nitrogen and oxygen atoms in total. The molecule has 0 bridgehead atoms. The van der Waals surface area contributed by atoms with Crippen molar-refractivity contribution in [3.63, 3.8) is 0 Å². The molecular formula is C16H19N5O3. The van der Waals surface area contributed by atoms with Crippen LogP contribution in [0.25, 0.3) is 5.82 Å². The van der Waals surface area contributed by atoms with Gasteiger partial charge in [-0.05, 0) is 38.0 Å². The first-order valence-corrected chi connectivity index (χ1v) is 7.72. The maximum Gasteiger partial charge on any atom is 0.323 e. The number of amides is 2. The van der Waals surface area contributed by atoms with Gasteiger partial charge >= 0.3 is 12.0 Å². The SMILES string of the molecule is Cc1ccnc(-n2nc(C)cc2NC(=O)N2CCC(C(=O)O)C2)c1. The van der Waals surface area contributed by atoms with Crippen LogP contribution in [0.2, 0.25) is 0 Å². The summed E-state index contributed by atoms with van der Waals surface area (Å²) in [6.07, 6.45) is 2.16. The van der Waals surface area contributed by atoms with Crippen molar-refractivity contribution in [2.45, 2.75) is 20.3 Å². The predicted molar refractivity (Wildman–Crippen MR) is 87.2 cm³/mol. The Hall–Kier alpha value is -2.90. The zero-order valence-corrected chi connectivity index (χ0v) is 13.6. The summed E-state index contributed by atoms with van der Waals surface area (Å²) in [6, 6.07) is 5.19. The number of likely N-dealkylation sites (tertiary alicyclic amines) is 1.